The highest BCUT2D eigenvalue weighted by molar-refractivity contribution is 5.94. The van der Waals surface area contributed by atoms with Crippen LogP contribution in [0.5, 0.6) is 11.5 Å². The Kier molecular flexibility index (Phi) is 4.62. The number of rotatable bonds is 4. The Morgan fingerprint density at radius 1 is 1.18 bits per heavy atom. The molecule has 3 rings (SSSR count). The fourth-order valence-electron chi connectivity index (χ4n) is 2.04. The van der Waals surface area contributed by atoms with Crippen molar-refractivity contribution in [3.63, 3.8) is 0 Å². The van der Waals surface area contributed by atoms with Crippen LogP contribution < -0.4 is 10.1 Å². The fraction of sp³-hybridized carbons (Fsp3) is 0.250. The van der Waals surface area contributed by atoms with Crippen molar-refractivity contribution in [2.24, 2.45) is 0 Å². The zero-order chi connectivity index (χ0) is 15.2. The summed E-state index contributed by atoms with van der Waals surface area (Å²) in [6.07, 6.45) is 2.74. The number of benzene rings is 1. The largest absolute Gasteiger partial charge is 0.457 e. The highest BCUT2D eigenvalue weighted by atomic mass is 16.6. The molecule has 0 aliphatic carbocycles. The van der Waals surface area contributed by atoms with Gasteiger partial charge >= 0.3 is 0 Å². The summed E-state index contributed by atoms with van der Waals surface area (Å²) in [6, 6.07) is 10.7. The second kappa shape index (κ2) is 7.02. The molecule has 1 amide bonds. The number of hydrogen-bond acceptors (Lipinski definition) is 5. The van der Waals surface area contributed by atoms with E-state index in [4.69, 9.17) is 14.2 Å². The molecule has 0 saturated carbocycles. The molecule has 2 heterocycles. The summed E-state index contributed by atoms with van der Waals surface area (Å²) in [5, 5.41) is 2.80. The smallest absolute Gasteiger partial charge is 0.255 e. The van der Waals surface area contributed by atoms with Crippen LogP contribution in [0.25, 0.3) is 0 Å². The first kappa shape index (κ1) is 14.5. The molecule has 6 heteroatoms. The number of aromatic nitrogens is 1. The Labute approximate surface area is 128 Å². The van der Waals surface area contributed by atoms with Crippen LogP contribution in [-0.2, 0) is 14.3 Å². The number of amides is 1. The second-order valence-corrected chi connectivity index (χ2v) is 4.74. The van der Waals surface area contributed by atoms with Gasteiger partial charge in [0.15, 0.2) is 6.10 Å². The number of carbonyl (C=O) groups excluding carboxylic acids is 1. The molecule has 0 bridgehead atoms. The Hall–Kier alpha value is -2.44. The van der Waals surface area contributed by atoms with E-state index >= 15 is 0 Å². The lowest BCUT2D eigenvalue weighted by atomic mass is 10.2. The third-order valence-electron chi connectivity index (χ3n) is 3.10. The van der Waals surface area contributed by atoms with E-state index in [-0.39, 0.29) is 12.5 Å². The van der Waals surface area contributed by atoms with Crippen molar-refractivity contribution in [1.29, 1.82) is 0 Å². The van der Waals surface area contributed by atoms with Gasteiger partial charge in [0.1, 0.15) is 11.5 Å². The molecule has 0 spiro atoms. The molecule has 1 N–H and O–H groups in total. The summed E-state index contributed by atoms with van der Waals surface area (Å²) in [4.78, 5) is 16.0. The fourth-order valence-corrected chi connectivity index (χ4v) is 2.04. The Bertz CT molecular complexity index is 627. The molecule has 1 aromatic carbocycles. The number of pyridine rings is 1. The van der Waals surface area contributed by atoms with Crippen LogP contribution in [0.2, 0.25) is 0 Å². The quantitative estimate of drug-likeness (QED) is 0.937. The van der Waals surface area contributed by atoms with E-state index in [1.54, 1.807) is 36.7 Å². The lowest BCUT2D eigenvalue weighted by molar-refractivity contribution is -0.142. The summed E-state index contributed by atoms with van der Waals surface area (Å²) in [5.41, 5.74) is 0.644. The minimum atomic E-state index is -0.571. The number of nitrogens with zero attached hydrogens (tertiary/aromatic N) is 1. The topological polar surface area (TPSA) is 69.7 Å². The normalized spacial score (nSPS) is 17.7. The van der Waals surface area contributed by atoms with Crippen molar-refractivity contribution in [3.8, 4) is 11.5 Å². The summed E-state index contributed by atoms with van der Waals surface area (Å²) >= 11 is 0. The number of carbonyl (C=O) groups is 1. The second-order valence-electron chi connectivity index (χ2n) is 4.74. The lowest BCUT2D eigenvalue weighted by Gasteiger charge is -2.22. The van der Waals surface area contributed by atoms with Crippen molar-refractivity contribution < 1.29 is 19.0 Å². The minimum absolute atomic E-state index is 0.222. The Balaban J connectivity index is 1.64. The zero-order valence-electron chi connectivity index (χ0n) is 11.9. The van der Waals surface area contributed by atoms with Gasteiger partial charge in [-0.15, -0.1) is 0 Å². The Morgan fingerprint density at radius 3 is 2.82 bits per heavy atom. The Morgan fingerprint density at radius 2 is 2.05 bits per heavy atom. The summed E-state index contributed by atoms with van der Waals surface area (Å²) in [6.45, 7) is 1.24. The first-order valence-electron chi connectivity index (χ1n) is 6.99. The number of nitrogens with one attached hydrogen (secondary N) is 1. The number of hydrogen-bond donors (Lipinski definition) is 1. The van der Waals surface area contributed by atoms with E-state index in [9.17, 15) is 4.79 Å². The molecule has 2 aromatic rings. The van der Waals surface area contributed by atoms with Gasteiger partial charge in [-0.2, -0.15) is 0 Å². The van der Waals surface area contributed by atoms with Crippen LogP contribution in [-0.4, -0.2) is 36.8 Å². The monoisotopic (exact) mass is 300 g/mol. The van der Waals surface area contributed by atoms with Gasteiger partial charge in [0.2, 0.25) is 0 Å². The predicted molar refractivity (Wildman–Crippen MR) is 79.9 cm³/mol. The minimum Gasteiger partial charge on any atom is -0.457 e. The average molecular weight is 300 g/mol. The molecule has 1 aliphatic heterocycles. The molecule has 1 aromatic heterocycles. The van der Waals surface area contributed by atoms with Crippen molar-refractivity contribution in [2.75, 3.05) is 25.1 Å². The zero-order valence-corrected chi connectivity index (χ0v) is 11.9. The average Bonchev–Trinajstić information content (AvgIpc) is 2.57. The van der Waals surface area contributed by atoms with Crippen LogP contribution in [0, 0.1) is 0 Å². The molecule has 114 valence electrons. The van der Waals surface area contributed by atoms with Gasteiger partial charge in [-0.1, -0.05) is 6.07 Å². The molecule has 22 heavy (non-hydrogen) atoms. The number of anilines is 1. The molecule has 1 saturated heterocycles. The number of ether oxygens (including phenoxy) is 3. The molecule has 0 radical (unpaired) electrons. The molecule has 1 unspecified atom stereocenters. The first-order valence-corrected chi connectivity index (χ1v) is 6.99. The van der Waals surface area contributed by atoms with E-state index in [1.165, 1.54) is 0 Å². The molecule has 1 atom stereocenters. The van der Waals surface area contributed by atoms with E-state index in [0.717, 1.165) is 0 Å². The highest BCUT2D eigenvalue weighted by Crippen LogP contribution is 2.23. The maximum atomic E-state index is 12.1. The lowest BCUT2D eigenvalue weighted by Crippen LogP contribution is -2.39. The van der Waals surface area contributed by atoms with Gasteiger partial charge in [0.05, 0.1) is 19.8 Å². The van der Waals surface area contributed by atoms with Gasteiger partial charge in [0.25, 0.3) is 5.91 Å². The van der Waals surface area contributed by atoms with Gasteiger partial charge in [0, 0.05) is 24.1 Å². The summed E-state index contributed by atoms with van der Waals surface area (Å²) in [5.74, 6) is 1.09. The summed E-state index contributed by atoms with van der Waals surface area (Å²) < 4.78 is 16.3. The maximum absolute atomic E-state index is 12.1. The third kappa shape index (κ3) is 3.81. The van der Waals surface area contributed by atoms with Gasteiger partial charge in [-0.3, -0.25) is 9.78 Å². The van der Waals surface area contributed by atoms with Gasteiger partial charge in [-0.25, -0.2) is 0 Å². The molecule has 1 aliphatic rings. The van der Waals surface area contributed by atoms with E-state index in [0.29, 0.717) is 30.4 Å². The SMILES string of the molecule is O=C(Nc1cccc(Oc2ccncc2)c1)C1COCCO1. The van der Waals surface area contributed by atoms with Crippen molar-refractivity contribution in [1.82, 2.24) is 4.98 Å². The van der Waals surface area contributed by atoms with Crippen molar-refractivity contribution in [2.45, 2.75) is 6.10 Å². The maximum Gasteiger partial charge on any atom is 0.255 e. The van der Waals surface area contributed by atoms with Crippen LogP contribution in [0.1, 0.15) is 0 Å². The molecular formula is C16H16N2O4. The van der Waals surface area contributed by atoms with Gasteiger partial charge in [-0.05, 0) is 24.3 Å². The van der Waals surface area contributed by atoms with Crippen molar-refractivity contribution >= 4 is 11.6 Å². The van der Waals surface area contributed by atoms with Crippen LogP contribution in [0.15, 0.2) is 48.8 Å². The van der Waals surface area contributed by atoms with Gasteiger partial charge < -0.3 is 19.5 Å². The molecule has 1 fully saturated rings. The third-order valence-corrected chi connectivity index (χ3v) is 3.10. The molecule has 6 nitrogen and oxygen atoms in total. The first-order chi connectivity index (χ1) is 10.8. The van der Waals surface area contributed by atoms with Crippen LogP contribution in [0.4, 0.5) is 5.69 Å². The van der Waals surface area contributed by atoms with Crippen LogP contribution >= 0.6 is 0 Å². The van der Waals surface area contributed by atoms with Crippen LogP contribution in [0.3, 0.4) is 0 Å². The van der Waals surface area contributed by atoms with E-state index in [2.05, 4.69) is 10.3 Å². The van der Waals surface area contributed by atoms with Crippen molar-refractivity contribution in [3.05, 3.63) is 48.8 Å². The standard InChI is InChI=1S/C16H16N2O4/c19-16(15-11-20-8-9-21-15)18-12-2-1-3-14(10-12)22-13-4-6-17-7-5-13/h1-7,10,15H,8-9,11H2,(H,18,19). The summed E-state index contributed by atoms with van der Waals surface area (Å²) in [7, 11) is 0. The molecular weight excluding hydrogens is 284 g/mol. The van der Waals surface area contributed by atoms with E-state index in [1.807, 2.05) is 12.1 Å². The predicted octanol–water partition coefficient (Wildman–Crippen LogP) is 2.23. The highest BCUT2D eigenvalue weighted by Gasteiger charge is 2.22. The van der Waals surface area contributed by atoms with E-state index < -0.39 is 6.10 Å².